The SMILES string of the molecule is Cc1ccc(NC(=S)Nc2ccc(Cl)c(Cl)c2)nc1. The van der Waals surface area contributed by atoms with E-state index in [1.165, 1.54) is 0 Å². The molecule has 0 saturated heterocycles. The Hall–Kier alpha value is -1.36. The second kappa shape index (κ2) is 6.19. The molecule has 2 aromatic rings. The van der Waals surface area contributed by atoms with Crippen molar-refractivity contribution < 1.29 is 0 Å². The molecule has 0 aliphatic heterocycles. The highest BCUT2D eigenvalue weighted by molar-refractivity contribution is 7.80. The quantitative estimate of drug-likeness (QED) is 0.800. The molecular formula is C13H11Cl2N3S. The van der Waals surface area contributed by atoms with Gasteiger partial charge in [-0.15, -0.1) is 0 Å². The minimum absolute atomic E-state index is 0.440. The second-order valence-corrected chi connectivity index (χ2v) is 5.15. The van der Waals surface area contributed by atoms with Crippen LogP contribution in [-0.2, 0) is 0 Å². The Morgan fingerprint density at radius 2 is 1.89 bits per heavy atom. The van der Waals surface area contributed by atoms with Gasteiger partial charge >= 0.3 is 0 Å². The van der Waals surface area contributed by atoms with Crippen molar-refractivity contribution in [2.45, 2.75) is 6.92 Å². The summed E-state index contributed by atoms with van der Waals surface area (Å²) in [5, 5.41) is 7.42. The van der Waals surface area contributed by atoms with E-state index < -0.39 is 0 Å². The van der Waals surface area contributed by atoms with E-state index in [-0.39, 0.29) is 0 Å². The summed E-state index contributed by atoms with van der Waals surface area (Å²) < 4.78 is 0. The average molecular weight is 312 g/mol. The van der Waals surface area contributed by atoms with Crippen molar-refractivity contribution in [1.82, 2.24) is 4.98 Å². The summed E-state index contributed by atoms with van der Waals surface area (Å²) in [6.45, 7) is 1.98. The summed E-state index contributed by atoms with van der Waals surface area (Å²) in [6.07, 6.45) is 1.77. The monoisotopic (exact) mass is 311 g/mol. The number of rotatable bonds is 2. The first-order chi connectivity index (χ1) is 9.04. The molecular weight excluding hydrogens is 301 g/mol. The van der Waals surface area contributed by atoms with Crippen LogP contribution in [-0.4, -0.2) is 10.1 Å². The van der Waals surface area contributed by atoms with Crippen molar-refractivity contribution in [3.05, 3.63) is 52.1 Å². The van der Waals surface area contributed by atoms with Crippen LogP contribution in [0.5, 0.6) is 0 Å². The Labute approximate surface area is 127 Å². The predicted molar refractivity (Wildman–Crippen MR) is 85.3 cm³/mol. The molecule has 0 fully saturated rings. The maximum atomic E-state index is 5.93. The third kappa shape index (κ3) is 4.06. The summed E-state index contributed by atoms with van der Waals surface area (Å²) in [7, 11) is 0. The molecule has 0 aliphatic carbocycles. The number of anilines is 2. The highest BCUT2D eigenvalue weighted by atomic mass is 35.5. The van der Waals surface area contributed by atoms with Crippen LogP contribution >= 0.6 is 35.4 Å². The molecule has 0 bridgehead atoms. The lowest BCUT2D eigenvalue weighted by molar-refractivity contribution is 1.27. The van der Waals surface area contributed by atoms with Gasteiger partial charge in [0.25, 0.3) is 0 Å². The number of pyridine rings is 1. The van der Waals surface area contributed by atoms with Crippen molar-refractivity contribution in [3.63, 3.8) is 0 Å². The molecule has 3 nitrogen and oxygen atoms in total. The Morgan fingerprint density at radius 3 is 2.53 bits per heavy atom. The first-order valence-electron chi connectivity index (χ1n) is 5.50. The van der Waals surface area contributed by atoms with Crippen LogP contribution in [0.4, 0.5) is 11.5 Å². The predicted octanol–water partition coefficient (Wildman–Crippen LogP) is 4.51. The maximum absolute atomic E-state index is 5.93. The normalized spacial score (nSPS) is 10.1. The van der Waals surface area contributed by atoms with Gasteiger partial charge in [-0.05, 0) is 49.0 Å². The summed E-state index contributed by atoms with van der Waals surface area (Å²) >= 11 is 17.0. The van der Waals surface area contributed by atoms with E-state index in [9.17, 15) is 0 Å². The molecule has 0 amide bonds. The van der Waals surface area contributed by atoms with Crippen LogP contribution < -0.4 is 10.6 Å². The topological polar surface area (TPSA) is 37.0 Å². The van der Waals surface area contributed by atoms with Crippen LogP contribution in [0.2, 0.25) is 10.0 Å². The number of aromatic nitrogens is 1. The van der Waals surface area contributed by atoms with Gasteiger partial charge in [0.2, 0.25) is 0 Å². The summed E-state index contributed by atoms with van der Waals surface area (Å²) in [5.41, 5.74) is 1.85. The number of nitrogens with zero attached hydrogens (tertiary/aromatic N) is 1. The number of benzene rings is 1. The molecule has 1 heterocycles. The zero-order valence-corrected chi connectivity index (χ0v) is 12.4. The molecule has 0 saturated carbocycles. The van der Waals surface area contributed by atoms with E-state index in [1.807, 2.05) is 19.1 Å². The third-order valence-electron chi connectivity index (χ3n) is 2.33. The van der Waals surface area contributed by atoms with Gasteiger partial charge in [0.15, 0.2) is 5.11 Å². The Bertz CT molecular complexity index is 599. The lowest BCUT2D eigenvalue weighted by Gasteiger charge is -2.10. The van der Waals surface area contributed by atoms with Crippen molar-refractivity contribution in [1.29, 1.82) is 0 Å². The van der Waals surface area contributed by atoms with E-state index in [1.54, 1.807) is 24.4 Å². The highest BCUT2D eigenvalue weighted by Gasteiger charge is 2.02. The number of hydrogen-bond acceptors (Lipinski definition) is 2. The fourth-order valence-electron chi connectivity index (χ4n) is 1.39. The van der Waals surface area contributed by atoms with Gasteiger partial charge in [0, 0.05) is 11.9 Å². The van der Waals surface area contributed by atoms with Gasteiger partial charge in [-0.2, -0.15) is 0 Å². The standard InChI is InChI=1S/C13H11Cl2N3S/c1-8-2-5-12(16-7-8)18-13(19)17-9-3-4-10(14)11(15)6-9/h2-7H,1H3,(H2,16,17,18,19). The molecule has 6 heteroatoms. The largest absolute Gasteiger partial charge is 0.332 e. The van der Waals surface area contributed by atoms with Crippen molar-refractivity contribution >= 4 is 52.0 Å². The van der Waals surface area contributed by atoms with Gasteiger partial charge in [0.05, 0.1) is 10.0 Å². The number of aryl methyl sites for hydroxylation is 1. The molecule has 2 N–H and O–H groups in total. The highest BCUT2D eigenvalue weighted by Crippen LogP contribution is 2.25. The van der Waals surface area contributed by atoms with E-state index in [0.717, 1.165) is 11.3 Å². The van der Waals surface area contributed by atoms with E-state index >= 15 is 0 Å². The number of halogens is 2. The minimum atomic E-state index is 0.440. The van der Waals surface area contributed by atoms with E-state index in [0.29, 0.717) is 21.0 Å². The maximum Gasteiger partial charge on any atom is 0.176 e. The first kappa shape index (κ1) is 14.1. The molecule has 0 unspecified atom stereocenters. The number of thiocarbonyl (C=S) groups is 1. The van der Waals surface area contributed by atoms with Gasteiger partial charge in [-0.25, -0.2) is 4.98 Å². The smallest absolute Gasteiger partial charge is 0.176 e. The number of nitrogens with one attached hydrogen (secondary N) is 2. The zero-order chi connectivity index (χ0) is 13.8. The van der Waals surface area contributed by atoms with Gasteiger partial charge in [0.1, 0.15) is 5.82 Å². The van der Waals surface area contributed by atoms with Crippen LogP contribution in [0.3, 0.4) is 0 Å². The minimum Gasteiger partial charge on any atom is -0.332 e. The van der Waals surface area contributed by atoms with Crippen LogP contribution in [0.25, 0.3) is 0 Å². The molecule has 0 spiro atoms. The first-order valence-corrected chi connectivity index (χ1v) is 6.67. The van der Waals surface area contributed by atoms with Crippen LogP contribution in [0.15, 0.2) is 36.5 Å². The molecule has 98 valence electrons. The van der Waals surface area contributed by atoms with Crippen molar-refractivity contribution in [2.75, 3.05) is 10.6 Å². The van der Waals surface area contributed by atoms with Gasteiger partial charge in [-0.3, -0.25) is 0 Å². The lowest BCUT2D eigenvalue weighted by atomic mass is 10.3. The molecule has 1 aromatic carbocycles. The molecule has 2 rings (SSSR count). The van der Waals surface area contributed by atoms with Gasteiger partial charge < -0.3 is 10.6 Å². The van der Waals surface area contributed by atoms with Crippen molar-refractivity contribution in [3.8, 4) is 0 Å². The molecule has 1 aromatic heterocycles. The van der Waals surface area contributed by atoms with Crippen LogP contribution in [0.1, 0.15) is 5.56 Å². The van der Waals surface area contributed by atoms with E-state index in [2.05, 4.69) is 15.6 Å². The Morgan fingerprint density at radius 1 is 1.11 bits per heavy atom. The zero-order valence-electron chi connectivity index (χ0n) is 10.1. The van der Waals surface area contributed by atoms with Crippen molar-refractivity contribution in [2.24, 2.45) is 0 Å². The third-order valence-corrected chi connectivity index (χ3v) is 3.27. The van der Waals surface area contributed by atoms with Crippen LogP contribution in [0, 0.1) is 6.92 Å². The fraction of sp³-hybridized carbons (Fsp3) is 0.0769. The second-order valence-electron chi connectivity index (χ2n) is 3.93. The molecule has 0 atom stereocenters. The van der Waals surface area contributed by atoms with E-state index in [4.69, 9.17) is 35.4 Å². The Kier molecular flexibility index (Phi) is 4.58. The summed E-state index contributed by atoms with van der Waals surface area (Å²) in [5.74, 6) is 0.683. The lowest BCUT2D eigenvalue weighted by Crippen LogP contribution is -2.19. The average Bonchev–Trinajstić information content (AvgIpc) is 2.37. The number of hydrogen-bond donors (Lipinski definition) is 2. The molecule has 0 aliphatic rings. The summed E-state index contributed by atoms with van der Waals surface area (Å²) in [6, 6.07) is 9.03. The summed E-state index contributed by atoms with van der Waals surface area (Å²) in [4.78, 5) is 4.21. The van der Waals surface area contributed by atoms with Gasteiger partial charge in [-0.1, -0.05) is 29.3 Å². The Balaban J connectivity index is 2.01. The molecule has 0 radical (unpaired) electrons. The molecule has 19 heavy (non-hydrogen) atoms. The fourth-order valence-corrected chi connectivity index (χ4v) is 1.91.